The van der Waals surface area contributed by atoms with Gasteiger partial charge in [-0.2, -0.15) is 0 Å². The number of ether oxygens (including phenoxy) is 7. The molecule has 298 valence electrons. The fourth-order valence-corrected chi connectivity index (χ4v) is 6.51. The van der Waals surface area contributed by atoms with Crippen molar-refractivity contribution in [3.8, 4) is 68.4 Å². The lowest BCUT2D eigenvalue weighted by Gasteiger charge is -2.15. The van der Waals surface area contributed by atoms with Crippen LogP contribution in [0.15, 0.2) is 133 Å². The van der Waals surface area contributed by atoms with Crippen LogP contribution in [0.4, 0.5) is 23.0 Å². The number of aromatic nitrogens is 2. The Morgan fingerprint density at radius 3 is 1.59 bits per heavy atom. The number of anilines is 4. The number of rotatable bonds is 16. The molecule has 2 N–H and O–H groups in total. The van der Waals surface area contributed by atoms with E-state index in [2.05, 4.69) is 34.9 Å². The van der Waals surface area contributed by atoms with Gasteiger partial charge in [0.05, 0.1) is 54.0 Å². The summed E-state index contributed by atoms with van der Waals surface area (Å²) in [7, 11) is 9.50. The average Bonchev–Trinajstić information content (AvgIpc) is 3.28. The molecule has 0 aliphatic rings. The van der Waals surface area contributed by atoms with Gasteiger partial charge in [-0.25, -0.2) is 9.97 Å². The second kappa shape index (κ2) is 18.5. The minimum Gasteiger partial charge on any atom is -0.493 e. The molecule has 0 aliphatic heterocycles. The first-order chi connectivity index (χ1) is 28.9. The second-order valence-electron chi connectivity index (χ2n) is 13.0. The van der Waals surface area contributed by atoms with Gasteiger partial charge in [-0.1, -0.05) is 60.7 Å². The van der Waals surface area contributed by atoms with Crippen molar-refractivity contribution < 1.29 is 33.2 Å². The van der Waals surface area contributed by atoms with Crippen LogP contribution >= 0.6 is 0 Å². The first-order valence-corrected chi connectivity index (χ1v) is 18.7. The number of nitrogens with one attached hydrogen (secondary N) is 2. The van der Waals surface area contributed by atoms with Crippen molar-refractivity contribution >= 4 is 35.2 Å². The molecule has 11 nitrogen and oxygen atoms in total. The fourth-order valence-electron chi connectivity index (χ4n) is 6.51. The predicted molar refractivity (Wildman–Crippen MR) is 234 cm³/mol. The minimum atomic E-state index is 0.515. The van der Waals surface area contributed by atoms with Gasteiger partial charge < -0.3 is 43.8 Å². The van der Waals surface area contributed by atoms with Gasteiger partial charge in [-0.3, -0.25) is 0 Å². The third-order valence-electron chi connectivity index (χ3n) is 9.29. The van der Waals surface area contributed by atoms with Crippen LogP contribution in [0.2, 0.25) is 0 Å². The van der Waals surface area contributed by atoms with Crippen molar-refractivity contribution in [1.82, 2.24) is 9.97 Å². The van der Waals surface area contributed by atoms with E-state index in [0.29, 0.717) is 57.6 Å². The molecule has 2 heterocycles. The number of methoxy groups -OCH3 is 6. The van der Waals surface area contributed by atoms with Crippen LogP contribution in [0, 0.1) is 0 Å². The number of hydrogen-bond acceptors (Lipinski definition) is 11. The average molecular weight is 789 g/mol. The lowest BCUT2D eigenvalue weighted by molar-refractivity contribution is 0.324. The van der Waals surface area contributed by atoms with E-state index in [1.165, 1.54) is 0 Å². The number of nitrogens with zero attached hydrogens (tertiary/aromatic N) is 2. The monoisotopic (exact) mass is 788 g/mol. The maximum Gasteiger partial charge on any atom is 0.203 e. The van der Waals surface area contributed by atoms with E-state index in [9.17, 15) is 0 Å². The van der Waals surface area contributed by atoms with E-state index < -0.39 is 0 Å². The highest BCUT2D eigenvalue weighted by Gasteiger charge is 2.16. The highest BCUT2D eigenvalue weighted by molar-refractivity contribution is 5.75. The highest BCUT2D eigenvalue weighted by atomic mass is 16.5. The zero-order valence-electron chi connectivity index (χ0n) is 33.6. The molecule has 0 bridgehead atoms. The number of benzene rings is 5. The van der Waals surface area contributed by atoms with Crippen molar-refractivity contribution in [3.05, 3.63) is 145 Å². The van der Waals surface area contributed by atoms with Crippen LogP contribution in [0.5, 0.6) is 46.0 Å². The van der Waals surface area contributed by atoms with Crippen LogP contribution in [0.25, 0.3) is 34.5 Å². The molecule has 7 rings (SSSR count). The molecule has 0 saturated heterocycles. The molecular formula is C48H44N4O7. The summed E-state index contributed by atoms with van der Waals surface area (Å²) < 4.78 is 39.5. The molecule has 0 unspecified atom stereocenters. The Labute approximate surface area is 343 Å². The molecule has 0 amide bonds. The largest absolute Gasteiger partial charge is 0.493 e. The van der Waals surface area contributed by atoms with E-state index in [0.717, 1.165) is 45.0 Å². The Morgan fingerprint density at radius 2 is 0.983 bits per heavy atom. The van der Waals surface area contributed by atoms with Gasteiger partial charge in [0.25, 0.3) is 0 Å². The van der Waals surface area contributed by atoms with Crippen molar-refractivity contribution in [3.63, 3.8) is 0 Å². The summed E-state index contributed by atoms with van der Waals surface area (Å²) in [4.78, 5) is 9.71. The van der Waals surface area contributed by atoms with Gasteiger partial charge in [0.1, 0.15) is 23.1 Å². The molecule has 2 aromatic heterocycles. The fraction of sp³-hybridized carbons (Fsp3) is 0.125. The molecule has 59 heavy (non-hydrogen) atoms. The van der Waals surface area contributed by atoms with E-state index in [1.807, 2.05) is 121 Å². The summed E-state index contributed by atoms with van der Waals surface area (Å²) in [6.45, 7) is 0. The number of pyridine rings is 2. The summed E-state index contributed by atoms with van der Waals surface area (Å²) in [6.07, 6.45) is 4.03. The van der Waals surface area contributed by atoms with Gasteiger partial charge in [-0.05, 0) is 77.4 Å². The van der Waals surface area contributed by atoms with Gasteiger partial charge in [0.15, 0.2) is 23.0 Å². The molecule has 0 radical (unpaired) electrons. The predicted octanol–water partition coefficient (Wildman–Crippen LogP) is 11.3. The quantitative estimate of drug-likeness (QED) is 0.0975. The summed E-state index contributed by atoms with van der Waals surface area (Å²) in [5.74, 6) is 5.90. The Bertz CT molecular complexity index is 2540. The Kier molecular flexibility index (Phi) is 12.4. The Morgan fingerprint density at radius 1 is 0.441 bits per heavy atom. The smallest absolute Gasteiger partial charge is 0.203 e. The second-order valence-corrected chi connectivity index (χ2v) is 13.0. The van der Waals surface area contributed by atoms with Crippen LogP contribution in [-0.4, -0.2) is 52.6 Å². The van der Waals surface area contributed by atoms with E-state index >= 15 is 0 Å². The molecular weight excluding hydrogens is 745 g/mol. The molecule has 0 fully saturated rings. The number of hydrogen-bond donors (Lipinski definition) is 2. The molecule has 7 aromatic rings. The third-order valence-corrected chi connectivity index (χ3v) is 9.29. The first kappa shape index (κ1) is 39.6. The zero-order valence-corrected chi connectivity index (χ0v) is 33.6. The Hall–Kier alpha value is -7.66. The summed E-state index contributed by atoms with van der Waals surface area (Å²) >= 11 is 0. The Balaban J connectivity index is 1.07. The normalized spacial score (nSPS) is 10.8. The maximum absolute atomic E-state index is 6.54. The van der Waals surface area contributed by atoms with Gasteiger partial charge >= 0.3 is 0 Å². The van der Waals surface area contributed by atoms with Gasteiger partial charge in [0.2, 0.25) is 11.5 Å². The van der Waals surface area contributed by atoms with Crippen LogP contribution < -0.4 is 43.8 Å². The summed E-state index contributed by atoms with van der Waals surface area (Å²) in [6, 6.07) is 43.2. The molecule has 0 aliphatic carbocycles. The SMILES string of the molecule is COc1cc(Nc2cccc(/C=C/c3cccc(-c4cccc(Oc5ccccc5-c5cccc(Nc6cc(OC)c(OC)c(OC)c6)n5)c4)c3)n2)cc(OC)c1OC. The van der Waals surface area contributed by atoms with Crippen LogP contribution in [-0.2, 0) is 0 Å². The molecule has 5 aromatic carbocycles. The van der Waals surface area contributed by atoms with Crippen molar-refractivity contribution in [2.75, 3.05) is 53.3 Å². The standard InChI is InChI=1S/C48H44N4O7/c1-53-41-27-35(28-42(54-2)47(41)57-5)50-45-21-11-16-34(49-45)24-23-31-13-9-14-32(25-31)33-15-10-17-37(26-33)59-40-20-8-7-18-38(40)39-19-12-22-46(52-39)51-36-29-43(55-3)48(58-6)44(30-36)56-4/h7-30H,1-6H3,(H,49,50)(H,51,52)/b24-23+. The molecule has 0 atom stereocenters. The van der Waals surface area contributed by atoms with Crippen LogP contribution in [0.3, 0.4) is 0 Å². The van der Waals surface area contributed by atoms with Gasteiger partial charge in [-0.15, -0.1) is 0 Å². The van der Waals surface area contributed by atoms with Crippen molar-refractivity contribution in [2.45, 2.75) is 0 Å². The topological polar surface area (TPSA) is 114 Å². The lowest BCUT2D eigenvalue weighted by Crippen LogP contribution is -1.99. The highest BCUT2D eigenvalue weighted by Crippen LogP contribution is 2.42. The maximum atomic E-state index is 6.54. The van der Waals surface area contributed by atoms with Crippen molar-refractivity contribution in [2.24, 2.45) is 0 Å². The lowest BCUT2D eigenvalue weighted by atomic mass is 10.0. The van der Waals surface area contributed by atoms with E-state index in [1.54, 1.807) is 42.7 Å². The summed E-state index contributed by atoms with van der Waals surface area (Å²) in [5, 5.41) is 6.70. The van der Waals surface area contributed by atoms with E-state index in [4.69, 9.17) is 43.1 Å². The number of para-hydroxylation sites is 1. The van der Waals surface area contributed by atoms with Crippen molar-refractivity contribution in [1.29, 1.82) is 0 Å². The van der Waals surface area contributed by atoms with E-state index in [-0.39, 0.29) is 0 Å². The zero-order chi connectivity index (χ0) is 41.1. The minimum absolute atomic E-state index is 0.515. The molecule has 0 spiro atoms. The van der Waals surface area contributed by atoms with Crippen LogP contribution in [0.1, 0.15) is 11.3 Å². The molecule has 0 saturated carbocycles. The first-order valence-electron chi connectivity index (χ1n) is 18.7. The summed E-state index contributed by atoms with van der Waals surface area (Å²) in [5.41, 5.74) is 6.94. The van der Waals surface area contributed by atoms with Gasteiger partial charge in [0, 0.05) is 41.2 Å². The molecule has 11 heteroatoms. The third kappa shape index (κ3) is 9.32.